The Morgan fingerprint density at radius 2 is 1.96 bits per heavy atom. The molecule has 24 heavy (non-hydrogen) atoms. The number of benzene rings is 1. The first kappa shape index (κ1) is 21.1. The van der Waals surface area contributed by atoms with E-state index < -0.39 is 0 Å². The van der Waals surface area contributed by atoms with Gasteiger partial charge >= 0.3 is 0 Å². The first-order valence-corrected chi connectivity index (χ1v) is 8.28. The molecule has 0 aliphatic carbocycles. The van der Waals surface area contributed by atoms with Gasteiger partial charge in [0.05, 0.1) is 0 Å². The highest BCUT2D eigenvalue weighted by Crippen LogP contribution is 2.05. The molecule has 7 heteroatoms. The molecule has 136 valence electrons. The summed E-state index contributed by atoms with van der Waals surface area (Å²) in [6.45, 7) is 6.82. The summed E-state index contributed by atoms with van der Waals surface area (Å²) in [4.78, 5) is 9.04. The van der Waals surface area contributed by atoms with Gasteiger partial charge in [0.25, 0.3) is 0 Å². The van der Waals surface area contributed by atoms with Gasteiger partial charge in [-0.3, -0.25) is 4.99 Å². The molecule has 2 N–H and O–H groups in total. The van der Waals surface area contributed by atoms with Crippen molar-refractivity contribution in [3.63, 3.8) is 0 Å². The Bertz CT molecular complexity index is 512. The maximum atomic E-state index is 13.6. The van der Waals surface area contributed by atoms with E-state index >= 15 is 0 Å². The lowest BCUT2D eigenvalue weighted by molar-refractivity contribution is 0.280. The van der Waals surface area contributed by atoms with Crippen LogP contribution in [0.3, 0.4) is 0 Å². The Morgan fingerprint density at radius 3 is 2.71 bits per heavy atom. The van der Waals surface area contributed by atoms with Gasteiger partial charge in [-0.2, -0.15) is 0 Å². The summed E-state index contributed by atoms with van der Waals surface area (Å²) >= 11 is 0. The Balaban J connectivity index is 0.00000288. The topological polar surface area (TPSA) is 42.9 Å². The summed E-state index contributed by atoms with van der Waals surface area (Å²) in [5.41, 5.74) is 0.644. The Morgan fingerprint density at radius 1 is 1.17 bits per heavy atom. The molecular formula is C17H29FIN5. The number of guanidine groups is 1. The fourth-order valence-corrected chi connectivity index (χ4v) is 2.70. The fraction of sp³-hybridized carbons (Fsp3) is 0.588. The van der Waals surface area contributed by atoms with Crippen molar-refractivity contribution in [2.75, 3.05) is 53.4 Å². The van der Waals surface area contributed by atoms with Gasteiger partial charge in [0, 0.05) is 45.3 Å². The molecule has 0 radical (unpaired) electrons. The van der Waals surface area contributed by atoms with Gasteiger partial charge in [-0.1, -0.05) is 18.2 Å². The quantitative estimate of drug-likeness (QED) is 0.409. The van der Waals surface area contributed by atoms with E-state index in [0.29, 0.717) is 18.1 Å². The molecule has 1 aliphatic rings. The van der Waals surface area contributed by atoms with Crippen LogP contribution in [0.4, 0.5) is 4.39 Å². The molecular weight excluding hydrogens is 420 g/mol. The minimum atomic E-state index is -0.191. The summed E-state index contributed by atoms with van der Waals surface area (Å²) in [5, 5.41) is 6.46. The van der Waals surface area contributed by atoms with Crippen LogP contribution in [0, 0.1) is 5.82 Å². The van der Waals surface area contributed by atoms with Gasteiger partial charge in [0.2, 0.25) is 0 Å². The van der Waals surface area contributed by atoms with Crippen molar-refractivity contribution in [2.45, 2.75) is 13.0 Å². The van der Waals surface area contributed by atoms with E-state index in [-0.39, 0.29) is 29.8 Å². The average molecular weight is 449 g/mol. The van der Waals surface area contributed by atoms with E-state index in [1.54, 1.807) is 19.2 Å². The molecule has 1 aliphatic heterocycles. The van der Waals surface area contributed by atoms with Gasteiger partial charge in [0.1, 0.15) is 5.82 Å². The highest BCUT2D eigenvalue weighted by Gasteiger charge is 2.11. The number of nitrogens with zero attached hydrogens (tertiary/aromatic N) is 3. The van der Waals surface area contributed by atoms with E-state index in [1.807, 2.05) is 6.07 Å². The predicted molar refractivity (Wildman–Crippen MR) is 109 cm³/mol. The van der Waals surface area contributed by atoms with Crippen LogP contribution >= 0.6 is 24.0 Å². The molecule has 0 unspecified atom stereocenters. The Labute approximate surface area is 161 Å². The fourth-order valence-electron chi connectivity index (χ4n) is 2.70. The third-order valence-corrected chi connectivity index (χ3v) is 4.16. The van der Waals surface area contributed by atoms with Crippen molar-refractivity contribution < 1.29 is 4.39 Å². The summed E-state index contributed by atoms with van der Waals surface area (Å²) in [6.07, 6.45) is 1.22. The Kier molecular flexibility index (Phi) is 10.2. The molecule has 0 aromatic heterocycles. The zero-order valence-electron chi connectivity index (χ0n) is 14.6. The molecule has 0 atom stereocenters. The number of hydrogen-bond acceptors (Lipinski definition) is 3. The van der Waals surface area contributed by atoms with Crippen LogP contribution in [-0.2, 0) is 6.54 Å². The molecule has 1 fully saturated rings. The molecule has 0 saturated carbocycles. The molecule has 0 spiro atoms. The van der Waals surface area contributed by atoms with Gasteiger partial charge in [0.15, 0.2) is 5.96 Å². The SMILES string of the molecule is CN=C(NCCN1CCCN(C)CC1)NCc1ccccc1F.I. The van der Waals surface area contributed by atoms with Crippen molar-refractivity contribution in [3.05, 3.63) is 35.6 Å². The number of likely N-dealkylation sites (N-methyl/N-ethyl adjacent to an activating group) is 1. The van der Waals surface area contributed by atoms with Crippen LogP contribution < -0.4 is 10.6 Å². The van der Waals surface area contributed by atoms with Crippen molar-refractivity contribution in [1.29, 1.82) is 0 Å². The molecule has 2 rings (SSSR count). The first-order chi connectivity index (χ1) is 11.2. The number of halogens is 2. The Hall–Kier alpha value is -0.930. The van der Waals surface area contributed by atoms with Crippen molar-refractivity contribution in [1.82, 2.24) is 20.4 Å². The molecule has 1 heterocycles. The first-order valence-electron chi connectivity index (χ1n) is 8.28. The highest BCUT2D eigenvalue weighted by molar-refractivity contribution is 14.0. The lowest BCUT2D eigenvalue weighted by Gasteiger charge is -2.21. The molecule has 0 bridgehead atoms. The van der Waals surface area contributed by atoms with Gasteiger partial charge in [-0.25, -0.2) is 4.39 Å². The maximum absolute atomic E-state index is 13.6. The van der Waals surface area contributed by atoms with Crippen molar-refractivity contribution in [3.8, 4) is 0 Å². The molecule has 1 aromatic carbocycles. The normalized spacial score (nSPS) is 17.0. The van der Waals surface area contributed by atoms with Crippen LogP contribution in [0.15, 0.2) is 29.3 Å². The van der Waals surface area contributed by atoms with Crippen molar-refractivity contribution >= 4 is 29.9 Å². The lowest BCUT2D eigenvalue weighted by atomic mass is 10.2. The zero-order valence-corrected chi connectivity index (χ0v) is 16.9. The minimum Gasteiger partial charge on any atom is -0.355 e. The summed E-state index contributed by atoms with van der Waals surface area (Å²) < 4.78 is 13.6. The largest absolute Gasteiger partial charge is 0.355 e. The van der Waals surface area contributed by atoms with E-state index in [2.05, 4.69) is 32.5 Å². The molecule has 1 aromatic rings. The number of nitrogens with one attached hydrogen (secondary N) is 2. The van der Waals surface area contributed by atoms with Crippen LogP contribution in [0.2, 0.25) is 0 Å². The van der Waals surface area contributed by atoms with E-state index in [4.69, 9.17) is 0 Å². The van der Waals surface area contributed by atoms with Gasteiger partial charge < -0.3 is 20.4 Å². The number of aliphatic imine (C=N–C) groups is 1. The summed E-state index contributed by atoms with van der Waals surface area (Å²) in [7, 11) is 3.91. The standard InChI is InChI=1S/C17H28FN5.HI/c1-19-17(21-14-15-6-3-4-7-16(15)18)20-8-11-23-10-5-9-22(2)12-13-23;/h3-4,6-7H,5,8-14H2,1-2H3,(H2,19,20,21);1H. The monoisotopic (exact) mass is 449 g/mol. The van der Waals surface area contributed by atoms with Crippen LogP contribution in [0.5, 0.6) is 0 Å². The number of rotatable bonds is 5. The van der Waals surface area contributed by atoms with Gasteiger partial charge in [-0.05, 0) is 32.6 Å². The predicted octanol–water partition coefficient (Wildman–Crippen LogP) is 1.75. The summed E-state index contributed by atoms with van der Waals surface area (Å²) in [6, 6.07) is 6.80. The zero-order chi connectivity index (χ0) is 16.5. The van der Waals surface area contributed by atoms with Crippen LogP contribution in [0.1, 0.15) is 12.0 Å². The van der Waals surface area contributed by atoms with Crippen LogP contribution in [-0.4, -0.2) is 69.1 Å². The second kappa shape index (κ2) is 11.6. The average Bonchev–Trinajstić information content (AvgIpc) is 2.76. The van der Waals surface area contributed by atoms with E-state index in [9.17, 15) is 4.39 Å². The third kappa shape index (κ3) is 7.31. The second-order valence-electron chi connectivity index (χ2n) is 5.94. The third-order valence-electron chi connectivity index (χ3n) is 4.16. The maximum Gasteiger partial charge on any atom is 0.191 e. The smallest absolute Gasteiger partial charge is 0.191 e. The second-order valence-corrected chi connectivity index (χ2v) is 5.94. The highest BCUT2D eigenvalue weighted by atomic mass is 127. The van der Waals surface area contributed by atoms with E-state index in [0.717, 1.165) is 32.7 Å². The minimum absolute atomic E-state index is 0. The van der Waals surface area contributed by atoms with Crippen LogP contribution in [0.25, 0.3) is 0 Å². The van der Waals surface area contributed by atoms with Crippen molar-refractivity contribution in [2.24, 2.45) is 4.99 Å². The molecule has 0 amide bonds. The van der Waals surface area contributed by atoms with E-state index in [1.165, 1.54) is 19.0 Å². The molecule has 5 nitrogen and oxygen atoms in total. The molecule has 1 saturated heterocycles. The number of hydrogen-bond donors (Lipinski definition) is 2. The summed E-state index contributed by atoms with van der Waals surface area (Å²) in [5.74, 6) is 0.518. The van der Waals surface area contributed by atoms with Gasteiger partial charge in [-0.15, -0.1) is 24.0 Å². The lowest BCUT2D eigenvalue weighted by Crippen LogP contribution is -2.42.